The monoisotopic (exact) mass is 260 g/mol. The second-order valence-electron chi connectivity index (χ2n) is 4.42. The van der Waals surface area contributed by atoms with Gasteiger partial charge in [-0.2, -0.15) is 5.10 Å². The predicted octanol–water partition coefficient (Wildman–Crippen LogP) is 1.92. The lowest BCUT2D eigenvalue weighted by Crippen LogP contribution is -2.12. The molecule has 102 valence electrons. The summed E-state index contributed by atoms with van der Waals surface area (Å²) in [5, 5.41) is 10.7. The van der Waals surface area contributed by atoms with Crippen LogP contribution < -0.4 is 10.6 Å². The van der Waals surface area contributed by atoms with Crippen LogP contribution in [0, 0.1) is 6.92 Å². The molecule has 0 aromatic carbocycles. The zero-order valence-electron chi connectivity index (χ0n) is 11.4. The van der Waals surface area contributed by atoms with E-state index in [2.05, 4.69) is 32.6 Å². The third-order valence-electron chi connectivity index (χ3n) is 2.63. The maximum Gasteiger partial charge on any atom is 0.131 e. The second-order valence-corrected chi connectivity index (χ2v) is 4.42. The first-order valence-electron chi connectivity index (χ1n) is 6.57. The van der Waals surface area contributed by atoms with Crippen LogP contribution in [0.1, 0.15) is 18.9 Å². The molecule has 2 rings (SSSR count). The van der Waals surface area contributed by atoms with Crippen molar-refractivity contribution in [2.24, 2.45) is 0 Å². The Kier molecular flexibility index (Phi) is 4.72. The highest BCUT2D eigenvalue weighted by molar-refractivity contribution is 5.46. The Morgan fingerprint density at radius 1 is 1.16 bits per heavy atom. The molecule has 0 bridgehead atoms. The summed E-state index contributed by atoms with van der Waals surface area (Å²) in [6.45, 7) is 6.68. The number of hydrogen-bond donors (Lipinski definition) is 2. The Bertz CT molecular complexity index is 507. The van der Waals surface area contributed by atoms with E-state index in [1.165, 1.54) is 5.56 Å². The minimum atomic E-state index is 0.783. The molecule has 2 heterocycles. The lowest BCUT2D eigenvalue weighted by atomic mass is 10.4. The SMILES string of the molecule is CCCNc1cc(NCCn2cc(C)cn2)ncn1. The van der Waals surface area contributed by atoms with Gasteiger partial charge in [-0.25, -0.2) is 9.97 Å². The highest BCUT2D eigenvalue weighted by atomic mass is 15.3. The molecular weight excluding hydrogens is 240 g/mol. The third kappa shape index (κ3) is 4.24. The first-order valence-corrected chi connectivity index (χ1v) is 6.57. The maximum absolute atomic E-state index is 4.24. The Morgan fingerprint density at radius 3 is 2.53 bits per heavy atom. The van der Waals surface area contributed by atoms with Crippen LogP contribution in [0.3, 0.4) is 0 Å². The molecule has 0 unspecified atom stereocenters. The maximum atomic E-state index is 4.24. The van der Waals surface area contributed by atoms with Gasteiger partial charge in [0, 0.05) is 25.4 Å². The van der Waals surface area contributed by atoms with E-state index in [4.69, 9.17) is 0 Å². The van der Waals surface area contributed by atoms with Crippen molar-refractivity contribution in [2.45, 2.75) is 26.8 Å². The van der Waals surface area contributed by atoms with Crippen LogP contribution in [0.5, 0.6) is 0 Å². The van der Waals surface area contributed by atoms with Gasteiger partial charge in [0.2, 0.25) is 0 Å². The standard InChI is InChI=1S/C13H20N6/c1-3-4-14-12-7-13(17-10-16-12)15-5-6-19-9-11(2)8-18-19/h7-10H,3-6H2,1-2H3,(H2,14,15,16,17). The molecule has 2 N–H and O–H groups in total. The fourth-order valence-corrected chi connectivity index (χ4v) is 1.69. The van der Waals surface area contributed by atoms with E-state index in [1.54, 1.807) is 6.33 Å². The van der Waals surface area contributed by atoms with Crippen molar-refractivity contribution in [3.63, 3.8) is 0 Å². The van der Waals surface area contributed by atoms with Gasteiger partial charge in [-0.3, -0.25) is 4.68 Å². The molecule has 6 nitrogen and oxygen atoms in total. The molecule has 2 aromatic rings. The molecular formula is C13H20N6. The third-order valence-corrected chi connectivity index (χ3v) is 2.63. The van der Waals surface area contributed by atoms with Gasteiger partial charge in [0.05, 0.1) is 12.7 Å². The number of aromatic nitrogens is 4. The molecule has 0 radical (unpaired) electrons. The minimum Gasteiger partial charge on any atom is -0.370 e. The van der Waals surface area contributed by atoms with E-state index in [0.29, 0.717) is 0 Å². The fourth-order valence-electron chi connectivity index (χ4n) is 1.69. The topological polar surface area (TPSA) is 67.7 Å². The molecule has 0 amide bonds. The average Bonchev–Trinajstić information content (AvgIpc) is 2.83. The number of anilines is 2. The summed E-state index contributed by atoms with van der Waals surface area (Å²) in [6.07, 6.45) is 6.52. The van der Waals surface area contributed by atoms with E-state index in [9.17, 15) is 0 Å². The molecule has 6 heteroatoms. The zero-order valence-corrected chi connectivity index (χ0v) is 11.4. The van der Waals surface area contributed by atoms with Gasteiger partial charge in [0.15, 0.2) is 0 Å². The van der Waals surface area contributed by atoms with Crippen LogP contribution in [0.4, 0.5) is 11.6 Å². The molecule has 0 aliphatic rings. The lowest BCUT2D eigenvalue weighted by Gasteiger charge is -2.08. The summed E-state index contributed by atoms with van der Waals surface area (Å²) >= 11 is 0. The number of nitrogens with one attached hydrogen (secondary N) is 2. The first-order chi connectivity index (χ1) is 9.28. The van der Waals surface area contributed by atoms with E-state index in [1.807, 2.05) is 30.1 Å². The molecule has 0 aliphatic heterocycles. The predicted molar refractivity (Wildman–Crippen MR) is 76.3 cm³/mol. The highest BCUT2D eigenvalue weighted by Crippen LogP contribution is 2.08. The van der Waals surface area contributed by atoms with Gasteiger partial charge >= 0.3 is 0 Å². The number of rotatable bonds is 7. The smallest absolute Gasteiger partial charge is 0.131 e. The van der Waals surface area contributed by atoms with Crippen molar-refractivity contribution in [3.8, 4) is 0 Å². The summed E-state index contributed by atoms with van der Waals surface area (Å²) in [5.74, 6) is 1.69. The highest BCUT2D eigenvalue weighted by Gasteiger charge is 1.98. The van der Waals surface area contributed by atoms with Crippen molar-refractivity contribution >= 4 is 11.6 Å². The van der Waals surface area contributed by atoms with Crippen LogP contribution in [0.25, 0.3) is 0 Å². The lowest BCUT2D eigenvalue weighted by molar-refractivity contribution is 0.636. The Labute approximate surface area is 113 Å². The summed E-state index contributed by atoms with van der Waals surface area (Å²) in [4.78, 5) is 8.36. The summed E-state index contributed by atoms with van der Waals surface area (Å²) in [6, 6.07) is 1.92. The van der Waals surface area contributed by atoms with E-state index in [0.717, 1.165) is 37.7 Å². The average molecular weight is 260 g/mol. The largest absolute Gasteiger partial charge is 0.370 e. The number of hydrogen-bond acceptors (Lipinski definition) is 5. The Hall–Kier alpha value is -2.11. The zero-order chi connectivity index (χ0) is 13.5. The number of nitrogens with zero attached hydrogens (tertiary/aromatic N) is 4. The van der Waals surface area contributed by atoms with Gasteiger partial charge in [0.1, 0.15) is 18.0 Å². The Balaban J connectivity index is 1.82. The summed E-state index contributed by atoms with van der Waals surface area (Å²) in [5.41, 5.74) is 1.17. The van der Waals surface area contributed by atoms with Crippen molar-refractivity contribution in [2.75, 3.05) is 23.7 Å². The van der Waals surface area contributed by atoms with Crippen LogP contribution >= 0.6 is 0 Å². The molecule has 0 atom stereocenters. The molecule has 2 aromatic heterocycles. The molecule has 0 aliphatic carbocycles. The van der Waals surface area contributed by atoms with Crippen LogP contribution in [0.2, 0.25) is 0 Å². The van der Waals surface area contributed by atoms with Gasteiger partial charge < -0.3 is 10.6 Å². The molecule has 0 spiro atoms. The Morgan fingerprint density at radius 2 is 1.89 bits per heavy atom. The van der Waals surface area contributed by atoms with E-state index >= 15 is 0 Å². The van der Waals surface area contributed by atoms with Crippen molar-refractivity contribution in [3.05, 3.63) is 30.4 Å². The normalized spacial score (nSPS) is 10.4. The molecule has 0 saturated carbocycles. The van der Waals surface area contributed by atoms with Crippen LogP contribution in [-0.4, -0.2) is 32.8 Å². The van der Waals surface area contributed by atoms with E-state index < -0.39 is 0 Å². The van der Waals surface area contributed by atoms with Gasteiger partial charge in [0.25, 0.3) is 0 Å². The summed E-state index contributed by atoms with van der Waals surface area (Å²) in [7, 11) is 0. The first kappa shape index (κ1) is 13.3. The van der Waals surface area contributed by atoms with Gasteiger partial charge in [-0.05, 0) is 18.9 Å². The fraction of sp³-hybridized carbons (Fsp3) is 0.462. The van der Waals surface area contributed by atoms with Crippen molar-refractivity contribution in [1.82, 2.24) is 19.7 Å². The quantitative estimate of drug-likeness (QED) is 0.796. The van der Waals surface area contributed by atoms with Crippen LogP contribution in [0.15, 0.2) is 24.8 Å². The van der Waals surface area contributed by atoms with Crippen LogP contribution in [-0.2, 0) is 6.54 Å². The van der Waals surface area contributed by atoms with Gasteiger partial charge in [-0.15, -0.1) is 0 Å². The van der Waals surface area contributed by atoms with Crippen molar-refractivity contribution in [1.29, 1.82) is 0 Å². The van der Waals surface area contributed by atoms with Gasteiger partial charge in [-0.1, -0.05) is 6.92 Å². The molecule has 0 saturated heterocycles. The molecule has 19 heavy (non-hydrogen) atoms. The van der Waals surface area contributed by atoms with Crippen molar-refractivity contribution < 1.29 is 0 Å². The summed E-state index contributed by atoms with van der Waals surface area (Å²) < 4.78 is 1.92. The van der Waals surface area contributed by atoms with E-state index in [-0.39, 0.29) is 0 Å². The minimum absolute atomic E-state index is 0.783. The number of aryl methyl sites for hydroxylation is 1. The molecule has 0 fully saturated rings. The second kappa shape index (κ2) is 6.72.